The third kappa shape index (κ3) is 1.37. The smallest absolute Gasteiger partial charge is 0.260 e. The van der Waals surface area contributed by atoms with Gasteiger partial charge in [0.25, 0.3) is 5.91 Å². The summed E-state index contributed by atoms with van der Waals surface area (Å²) >= 11 is 0. The zero-order valence-corrected chi connectivity index (χ0v) is 5.50. The van der Waals surface area contributed by atoms with Gasteiger partial charge >= 0.3 is 0 Å². The Kier molecular flexibility index (Phi) is 2.09. The topological polar surface area (TPSA) is 55.1 Å². The normalized spacial score (nSPS) is 8.90. The molecule has 1 aromatic rings. The maximum Gasteiger partial charge on any atom is 0.260 e. The van der Waals surface area contributed by atoms with Crippen LogP contribution in [0.2, 0.25) is 6.82 Å². The predicted molar refractivity (Wildman–Crippen MR) is 35.6 cm³/mol. The summed E-state index contributed by atoms with van der Waals surface area (Å²) in [6, 6.07) is 0. The summed E-state index contributed by atoms with van der Waals surface area (Å²) in [5.74, 6) is -0.253. The van der Waals surface area contributed by atoms with Crippen molar-refractivity contribution in [2.75, 3.05) is 0 Å². The van der Waals surface area contributed by atoms with E-state index in [1.807, 2.05) is 0 Å². The lowest BCUT2D eigenvalue weighted by Gasteiger charge is -1.93. The molecule has 0 bridgehead atoms. The summed E-state index contributed by atoms with van der Waals surface area (Å²) < 4.78 is 4.60. The van der Waals surface area contributed by atoms with E-state index in [0.29, 0.717) is 0 Å². The van der Waals surface area contributed by atoms with Crippen LogP contribution in [0.5, 0.6) is 0 Å². The first-order chi connectivity index (χ1) is 4.84. The van der Waals surface area contributed by atoms with Crippen molar-refractivity contribution in [1.29, 1.82) is 0 Å². The van der Waals surface area contributed by atoms with Crippen molar-refractivity contribution in [3.05, 3.63) is 18.4 Å². The van der Waals surface area contributed by atoms with Crippen LogP contribution in [0.3, 0.4) is 0 Å². The minimum Gasteiger partial charge on any atom is -0.451 e. The Morgan fingerprint density at radius 1 is 1.90 bits per heavy atom. The van der Waals surface area contributed by atoms with Gasteiger partial charge in [0, 0.05) is 0 Å². The molecule has 5 heteroatoms. The number of carbonyl (C=O) groups is 1. The Labute approximate surface area is 58.9 Å². The van der Waals surface area contributed by atoms with Gasteiger partial charge < -0.3 is 9.64 Å². The Bertz CT molecular complexity index is 209. The molecular formula is C5H6BN2O2. The number of hydrogen-bond acceptors (Lipinski definition) is 3. The summed E-state index contributed by atoms with van der Waals surface area (Å²) in [7, 11) is 1.54. The number of rotatable bonds is 2. The number of hydrogen-bond donors (Lipinski definition) is 1. The van der Waals surface area contributed by atoms with Gasteiger partial charge in [0.1, 0.15) is 6.26 Å². The molecule has 0 unspecified atom stereocenters. The molecule has 4 nitrogen and oxygen atoms in total. The van der Waals surface area contributed by atoms with Crippen LogP contribution in [0.4, 0.5) is 0 Å². The molecule has 1 radical (unpaired) electrons. The van der Waals surface area contributed by atoms with Gasteiger partial charge in [-0.3, -0.25) is 4.79 Å². The van der Waals surface area contributed by atoms with Crippen molar-refractivity contribution < 1.29 is 9.21 Å². The molecule has 0 aromatic carbocycles. The first-order valence-corrected chi connectivity index (χ1v) is 2.81. The monoisotopic (exact) mass is 137 g/mol. The number of nitrogens with zero attached hydrogens (tertiary/aromatic N) is 1. The second-order valence-electron chi connectivity index (χ2n) is 1.64. The maximum absolute atomic E-state index is 10.8. The molecule has 0 fully saturated rings. The van der Waals surface area contributed by atoms with E-state index in [1.165, 1.54) is 20.1 Å². The van der Waals surface area contributed by atoms with Gasteiger partial charge in [-0.05, 0) is 0 Å². The van der Waals surface area contributed by atoms with Crippen molar-refractivity contribution in [1.82, 2.24) is 10.2 Å². The number of carbonyl (C=O) groups excluding carboxylic acids is 1. The van der Waals surface area contributed by atoms with Gasteiger partial charge in [-0.1, -0.05) is 6.82 Å². The molecule has 0 atom stereocenters. The largest absolute Gasteiger partial charge is 0.451 e. The summed E-state index contributed by atoms with van der Waals surface area (Å²) in [5.41, 5.74) is 0.290. The summed E-state index contributed by atoms with van der Waals surface area (Å²) in [6.07, 6.45) is 2.50. The van der Waals surface area contributed by atoms with Crippen LogP contribution in [-0.4, -0.2) is 18.3 Å². The highest BCUT2D eigenvalue weighted by Crippen LogP contribution is 1.91. The molecule has 1 N–H and O–H groups in total. The van der Waals surface area contributed by atoms with Crippen molar-refractivity contribution in [2.45, 2.75) is 6.82 Å². The van der Waals surface area contributed by atoms with Gasteiger partial charge in [-0.15, -0.1) is 0 Å². The van der Waals surface area contributed by atoms with E-state index in [2.05, 4.69) is 14.6 Å². The lowest BCUT2D eigenvalue weighted by atomic mass is 10.0. The minimum atomic E-state index is -0.253. The Balaban J connectivity index is 2.59. The standard InChI is InChI=1S/C5H6BN2O2/c1-6-8-5(9)4-2-10-3-7-4/h2-3H,1H3,(H,8,9). The second kappa shape index (κ2) is 3.05. The Morgan fingerprint density at radius 3 is 3.20 bits per heavy atom. The van der Waals surface area contributed by atoms with Gasteiger partial charge in [0.15, 0.2) is 12.1 Å². The average molecular weight is 137 g/mol. The van der Waals surface area contributed by atoms with Crippen LogP contribution < -0.4 is 5.23 Å². The molecular weight excluding hydrogens is 131 g/mol. The fraction of sp³-hybridized carbons (Fsp3) is 0.200. The van der Waals surface area contributed by atoms with Crippen molar-refractivity contribution in [3.8, 4) is 0 Å². The zero-order valence-electron chi connectivity index (χ0n) is 5.50. The summed E-state index contributed by atoms with van der Waals surface area (Å²) in [4.78, 5) is 14.5. The predicted octanol–water partition coefficient (Wildman–Crippen LogP) is 0.0717. The van der Waals surface area contributed by atoms with Gasteiger partial charge in [0.05, 0.1) is 0 Å². The van der Waals surface area contributed by atoms with Crippen LogP contribution in [-0.2, 0) is 0 Å². The van der Waals surface area contributed by atoms with Gasteiger partial charge in [-0.25, -0.2) is 4.98 Å². The van der Waals surface area contributed by atoms with Gasteiger partial charge in [-0.2, -0.15) is 0 Å². The lowest BCUT2D eigenvalue weighted by Crippen LogP contribution is -2.25. The van der Waals surface area contributed by atoms with Crippen LogP contribution in [0.25, 0.3) is 0 Å². The summed E-state index contributed by atoms with van der Waals surface area (Å²) in [5, 5.41) is 2.46. The number of oxazole rings is 1. The van der Waals surface area contributed by atoms with Crippen molar-refractivity contribution in [2.24, 2.45) is 0 Å². The van der Waals surface area contributed by atoms with Crippen molar-refractivity contribution >= 4 is 13.3 Å². The van der Waals surface area contributed by atoms with Crippen LogP contribution in [0.1, 0.15) is 10.5 Å². The molecule has 1 heterocycles. The highest BCUT2D eigenvalue weighted by atomic mass is 16.3. The SMILES string of the molecule is C[B]NC(=O)c1cocn1. The van der Waals surface area contributed by atoms with Crippen LogP contribution >= 0.6 is 0 Å². The van der Waals surface area contributed by atoms with E-state index in [1.54, 1.807) is 6.82 Å². The molecule has 1 rings (SSSR count). The van der Waals surface area contributed by atoms with Crippen LogP contribution in [0, 0.1) is 0 Å². The van der Waals surface area contributed by atoms with Gasteiger partial charge in [0.2, 0.25) is 7.41 Å². The molecule has 1 aromatic heterocycles. The quantitative estimate of drug-likeness (QED) is 0.586. The second-order valence-corrected chi connectivity index (χ2v) is 1.64. The molecule has 0 aliphatic carbocycles. The van der Waals surface area contributed by atoms with E-state index >= 15 is 0 Å². The summed E-state index contributed by atoms with van der Waals surface area (Å²) in [6.45, 7) is 1.72. The lowest BCUT2D eigenvalue weighted by molar-refractivity contribution is 0.0976. The molecule has 0 aliphatic heterocycles. The number of aromatic nitrogens is 1. The van der Waals surface area contributed by atoms with E-state index in [0.717, 1.165) is 0 Å². The maximum atomic E-state index is 10.8. The zero-order chi connectivity index (χ0) is 7.40. The average Bonchev–Trinajstić information content (AvgIpc) is 2.38. The number of amides is 1. The van der Waals surface area contributed by atoms with E-state index in [-0.39, 0.29) is 11.6 Å². The Hall–Kier alpha value is -1.26. The third-order valence-electron chi connectivity index (χ3n) is 0.940. The molecule has 51 valence electrons. The first-order valence-electron chi connectivity index (χ1n) is 2.81. The molecule has 0 spiro atoms. The first kappa shape index (κ1) is 6.86. The molecule has 1 amide bonds. The molecule has 10 heavy (non-hydrogen) atoms. The highest BCUT2D eigenvalue weighted by Gasteiger charge is 2.05. The number of nitrogens with one attached hydrogen (secondary N) is 1. The van der Waals surface area contributed by atoms with E-state index in [4.69, 9.17) is 0 Å². The third-order valence-corrected chi connectivity index (χ3v) is 0.940. The highest BCUT2D eigenvalue weighted by molar-refractivity contribution is 6.36. The molecule has 0 aliphatic rings. The minimum absolute atomic E-state index is 0.253. The van der Waals surface area contributed by atoms with Crippen molar-refractivity contribution in [3.63, 3.8) is 0 Å². The molecule has 0 saturated heterocycles. The molecule has 0 saturated carbocycles. The fourth-order valence-electron chi connectivity index (χ4n) is 0.530. The van der Waals surface area contributed by atoms with Crippen LogP contribution in [0.15, 0.2) is 17.1 Å². The Morgan fingerprint density at radius 2 is 2.70 bits per heavy atom. The fourth-order valence-corrected chi connectivity index (χ4v) is 0.530. The van der Waals surface area contributed by atoms with E-state index in [9.17, 15) is 4.79 Å². The van der Waals surface area contributed by atoms with E-state index < -0.39 is 0 Å².